The minimum Gasteiger partial charge on any atom is -0.347 e. The van der Waals surface area contributed by atoms with Crippen LogP contribution in [0.2, 0.25) is 5.15 Å². The zero-order chi connectivity index (χ0) is 15.9. The highest BCUT2D eigenvalue weighted by molar-refractivity contribution is 6.41. The minimum atomic E-state index is -0.825. The van der Waals surface area contributed by atoms with E-state index in [0.717, 1.165) is 5.56 Å². The predicted octanol–water partition coefficient (Wildman–Crippen LogP) is 2.17. The maximum absolute atomic E-state index is 12.7. The van der Waals surface area contributed by atoms with E-state index in [0.29, 0.717) is 6.42 Å². The Labute approximate surface area is 131 Å². The van der Waals surface area contributed by atoms with Crippen LogP contribution >= 0.6 is 11.6 Å². The fourth-order valence-corrected chi connectivity index (χ4v) is 1.88. The monoisotopic (exact) mass is 321 g/mol. The van der Waals surface area contributed by atoms with Crippen LogP contribution in [0, 0.1) is 5.82 Å². The summed E-state index contributed by atoms with van der Waals surface area (Å²) < 4.78 is 12.7. The van der Waals surface area contributed by atoms with Crippen LogP contribution in [0.3, 0.4) is 0 Å². The summed E-state index contributed by atoms with van der Waals surface area (Å²) in [5.74, 6) is -1.92. The van der Waals surface area contributed by atoms with Crippen molar-refractivity contribution < 1.29 is 14.0 Å². The second kappa shape index (κ2) is 7.51. The molecule has 0 atom stereocenters. The molecule has 0 saturated heterocycles. The van der Waals surface area contributed by atoms with Crippen LogP contribution < -0.4 is 10.6 Å². The van der Waals surface area contributed by atoms with Gasteiger partial charge in [-0.05, 0) is 36.2 Å². The molecule has 7 heteroatoms. The molecule has 0 unspecified atom stereocenters. The largest absolute Gasteiger partial charge is 0.347 e. The molecule has 2 N–H and O–H groups in total. The Bertz CT molecular complexity index is 677. The van der Waals surface area contributed by atoms with Crippen molar-refractivity contribution >= 4 is 29.1 Å². The van der Waals surface area contributed by atoms with Gasteiger partial charge in [-0.2, -0.15) is 0 Å². The standard InChI is InChI=1S/C15H13ClFN3O2/c16-13-12(2-1-8-18-13)20-15(22)14(21)19-9-7-10-3-5-11(17)6-4-10/h1-6,8H,7,9H2,(H,19,21)(H,20,22). The molecule has 1 heterocycles. The van der Waals surface area contributed by atoms with Gasteiger partial charge in [0, 0.05) is 12.7 Å². The van der Waals surface area contributed by atoms with Gasteiger partial charge in [-0.15, -0.1) is 0 Å². The molecule has 0 saturated carbocycles. The number of nitrogens with zero attached hydrogens (tertiary/aromatic N) is 1. The van der Waals surface area contributed by atoms with Gasteiger partial charge in [-0.3, -0.25) is 9.59 Å². The van der Waals surface area contributed by atoms with Crippen LogP contribution in [0.15, 0.2) is 42.6 Å². The van der Waals surface area contributed by atoms with Gasteiger partial charge in [0.05, 0.1) is 5.69 Å². The number of anilines is 1. The number of carbonyl (C=O) groups is 2. The summed E-state index contributed by atoms with van der Waals surface area (Å²) in [6.45, 7) is 0.263. The summed E-state index contributed by atoms with van der Waals surface area (Å²) in [5, 5.41) is 4.95. The number of rotatable bonds is 4. The highest BCUT2D eigenvalue weighted by atomic mass is 35.5. The predicted molar refractivity (Wildman–Crippen MR) is 81.0 cm³/mol. The lowest BCUT2D eigenvalue weighted by molar-refractivity contribution is -0.136. The number of pyridine rings is 1. The van der Waals surface area contributed by atoms with Gasteiger partial charge in [-0.1, -0.05) is 23.7 Å². The minimum absolute atomic E-state index is 0.106. The average Bonchev–Trinajstić information content (AvgIpc) is 2.51. The van der Waals surface area contributed by atoms with Crippen molar-refractivity contribution in [2.24, 2.45) is 0 Å². The maximum atomic E-state index is 12.7. The SMILES string of the molecule is O=C(NCCc1ccc(F)cc1)C(=O)Nc1cccnc1Cl. The lowest BCUT2D eigenvalue weighted by Gasteiger charge is -2.07. The molecule has 5 nitrogen and oxygen atoms in total. The van der Waals surface area contributed by atoms with Crippen LogP contribution in [0.4, 0.5) is 10.1 Å². The topological polar surface area (TPSA) is 71.1 Å². The van der Waals surface area contributed by atoms with Crippen LogP contribution in [0.1, 0.15) is 5.56 Å². The van der Waals surface area contributed by atoms with Gasteiger partial charge < -0.3 is 10.6 Å². The number of halogens is 2. The van der Waals surface area contributed by atoms with Gasteiger partial charge in [-0.25, -0.2) is 9.37 Å². The first-order valence-electron chi connectivity index (χ1n) is 6.50. The first kappa shape index (κ1) is 15.9. The van der Waals surface area contributed by atoms with E-state index in [9.17, 15) is 14.0 Å². The fourth-order valence-electron chi connectivity index (χ4n) is 1.71. The summed E-state index contributed by atoms with van der Waals surface area (Å²) >= 11 is 5.78. The third kappa shape index (κ3) is 4.53. The summed E-state index contributed by atoms with van der Waals surface area (Å²) in [4.78, 5) is 27.1. The molecule has 2 aromatic rings. The van der Waals surface area contributed by atoms with Crippen molar-refractivity contribution in [2.45, 2.75) is 6.42 Å². The molecule has 2 rings (SSSR count). The van der Waals surface area contributed by atoms with E-state index in [4.69, 9.17) is 11.6 Å². The van der Waals surface area contributed by atoms with E-state index in [1.54, 1.807) is 24.3 Å². The van der Waals surface area contributed by atoms with E-state index >= 15 is 0 Å². The number of hydrogen-bond donors (Lipinski definition) is 2. The van der Waals surface area contributed by atoms with E-state index < -0.39 is 11.8 Å². The molecule has 1 aromatic heterocycles. The Hall–Kier alpha value is -2.47. The smallest absolute Gasteiger partial charge is 0.313 e. The number of aromatic nitrogens is 1. The molecule has 0 aliphatic carbocycles. The lowest BCUT2D eigenvalue weighted by Crippen LogP contribution is -2.36. The average molecular weight is 322 g/mol. The zero-order valence-corrected chi connectivity index (χ0v) is 12.2. The Morgan fingerprint density at radius 3 is 2.55 bits per heavy atom. The summed E-state index contributed by atoms with van der Waals surface area (Å²) in [6, 6.07) is 9.06. The van der Waals surface area contributed by atoms with Gasteiger partial charge in [0.2, 0.25) is 0 Å². The molecule has 0 aliphatic heterocycles. The van der Waals surface area contributed by atoms with Crippen LogP contribution in [-0.2, 0) is 16.0 Å². The molecule has 0 aliphatic rings. The molecule has 1 aromatic carbocycles. The Morgan fingerprint density at radius 1 is 1.14 bits per heavy atom. The van der Waals surface area contributed by atoms with Crippen molar-refractivity contribution in [2.75, 3.05) is 11.9 Å². The second-order valence-electron chi connectivity index (χ2n) is 4.43. The van der Waals surface area contributed by atoms with Crippen molar-refractivity contribution in [3.05, 3.63) is 59.1 Å². The molecule has 0 fully saturated rings. The summed E-state index contributed by atoms with van der Waals surface area (Å²) in [5.41, 5.74) is 1.13. The summed E-state index contributed by atoms with van der Waals surface area (Å²) in [7, 11) is 0. The highest BCUT2D eigenvalue weighted by Crippen LogP contribution is 2.16. The van der Waals surface area contributed by atoms with E-state index in [1.165, 1.54) is 18.3 Å². The third-order valence-electron chi connectivity index (χ3n) is 2.83. The van der Waals surface area contributed by atoms with Gasteiger partial charge >= 0.3 is 11.8 Å². The van der Waals surface area contributed by atoms with Crippen molar-refractivity contribution in [3.8, 4) is 0 Å². The van der Waals surface area contributed by atoms with E-state index in [-0.39, 0.29) is 23.2 Å². The molecule has 0 bridgehead atoms. The van der Waals surface area contributed by atoms with Gasteiger partial charge in [0.15, 0.2) is 5.15 Å². The first-order chi connectivity index (χ1) is 10.6. The van der Waals surface area contributed by atoms with Crippen LogP contribution in [0.25, 0.3) is 0 Å². The Kier molecular flexibility index (Phi) is 5.43. The second-order valence-corrected chi connectivity index (χ2v) is 4.79. The molecule has 2 amide bonds. The first-order valence-corrected chi connectivity index (χ1v) is 6.88. The van der Waals surface area contributed by atoms with Gasteiger partial charge in [0.25, 0.3) is 0 Å². The van der Waals surface area contributed by atoms with Crippen LogP contribution in [0.5, 0.6) is 0 Å². The quantitative estimate of drug-likeness (QED) is 0.669. The molecule has 22 heavy (non-hydrogen) atoms. The Balaban J connectivity index is 1.80. The van der Waals surface area contributed by atoms with E-state index in [2.05, 4.69) is 15.6 Å². The summed E-state index contributed by atoms with van der Waals surface area (Å²) in [6.07, 6.45) is 1.97. The van der Waals surface area contributed by atoms with Crippen molar-refractivity contribution in [1.82, 2.24) is 10.3 Å². The van der Waals surface area contributed by atoms with Crippen molar-refractivity contribution in [3.63, 3.8) is 0 Å². The Morgan fingerprint density at radius 2 is 1.86 bits per heavy atom. The molecular formula is C15H13ClFN3O2. The number of nitrogens with one attached hydrogen (secondary N) is 2. The number of hydrogen-bond acceptors (Lipinski definition) is 3. The highest BCUT2D eigenvalue weighted by Gasteiger charge is 2.14. The van der Waals surface area contributed by atoms with Crippen LogP contribution in [-0.4, -0.2) is 23.3 Å². The zero-order valence-electron chi connectivity index (χ0n) is 11.5. The molecule has 0 radical (unpaired) electrons. The van der Waals surface area contributed by atoms with Gasteiger partial charge in [0.1, 0.15) is 5.82 Å². The maximum Gasteiger partial charge on any atom is 0.313 e. The number of amides is 2. The molecular weight excluding hydrogens is 309 g/mol. The lowest BCUT2D eigenvalue weighted by atomic mass is 10.1. The van der Waals surface area contributed by atoms with Crippen molar-refractivity contribution in [1.29, 1.82) is 0 Å². The molecule has 114 valence electrons. The molecule has 0 spiro atoms. The normalized spacial score (nSPS) is 10.1. The number of benzene rings is 1. The number of carbonyl (C=O) groups excluding carboxylic acids is 2. The fraction of sp³-hybridized carbons (Fsp3) is 0.133. The van der Waals surface area contributed by atoms with E-state index in [1.807, 2.05) is 0 Å². The third-order valence-corrected chi connectivity index (χ3v) is 3.13.